The van der Waals surface area contributed by atoms with Crippen LogP contribution in [-0.2, 0) is 11.3 Å². The van der Waals surface area contributed by atoms with E-state index in [1.807, 2.05) is 0 Å². The normalized spacial score (nSPS) is 31.5. The Hall–Kier alpha value is -1.10. The maximum absolute atomic E-state index is 9.49. The lowest BCUT2D eigenvalue weighted by atomic mass is 10.0. The maximum atomic E-state index is 9.49. The van der Waals surface area contributed by atoms with Gasteiger partial charge in [-0.2, -0.15) is 0 Å². The third-order valence-corrected chi connectivity index (χ3v) is 5.20. The molecule has 1 aromatic carbocycles. The monoisotopic (exact) mass is 318 g/mol. The zero-order valence-electron chi connectivity index (χ0n) is 14.4. The lowest BCUT2D eigenvalue weighted by molar-refractivity contribution is -0.00526. The molecule has 0 aromatic heterocycles. The summed E-state index contributed by atoms with van der Waals surface area (Å²) in [6, 6.07) is 9.13. The number of anilines is 1. The number of nitrogens with one attached hydrogen (secondary N) is 1. The van der Waals surface area contributed by atoms with E-state index in [9.17, 15) is 5.11 Å². The molecule has 128 valence electrons. The molecule has 1 saturated carbocycles. The predicted molar refractivity (Wildman–Crippen MR) is 93.7 cm³/mol. The molecule has 0 bridgehead atoms. The molecule has 1 aliphatic heterocycles. The van der Waals surface area contributed by atoms with Crippen LogP contribution in [0.4, 0.5) is 5.69 Å². The molecule has 4 heteroatoms. The minimum atomic E-state index is 0.272. The maximum Gasteiger partial charge on any atom is 0.0726 e. The smallest absolute Gasteiger partial charge is 0.0726 e. The van der Waals surface area contributed by atoms with E-state index in [4.69, 9.17) is 4.74 Å². The summed E-state index contributed by atoms with van der Waals surface area (Å²) < 4.78 is 5.86. The van der Waals surface area contributed by atoms with Gasteiger partial charge in [-0.1, -0.05) is 24.6 Å². The largest absolute Gasteiger partial charge is 0.396 e. The van der Waals surface area contributed by atoms with Crippen LogP contribution in [0.3, 0.4) is 0 Å². The van der Waals surface area contributed by atoms with Gasteiger partial charge in [-0.25, -0.2) is 0 Å². The van der Waals surface area contributed by atoms with Crippen molar-refractivity contribution in [1.82, 2.24) is 5.32 Å². The van der Waals surface area contributed by atoms with Crippen molar-refractivity contribution < 1.29 is 9.84 Å². The number of rotatable bonds is 5. The van der Waals surface area contributed by atoms with Crippen molar-refractivity contribution >= 4 is 5.69 Å². The molecule has 0 radical (unpaired) electrons. The Morgan fingerprint density at radius 2 is 1.91 bits per heavy atom. The Bertz CT molecular complexity index is 498. The quantitative estimate of drug-likeness (QED) is 0.876. The minimum Gasteiger partial charge on any atom is -0.396 e. The van der Waals surface area contributed by atoms with Gasteiger partial charge in [0.2, 0.25) is 0 Å². The first kappa shape index (κ1) is 16.7. The molecule has 1 saturated heterocycles. The lowest BCUT2D eigenvalue weighted by Gasteiger charge is -2.38. The Labute approximate surface area is 139 Å². The summed E-state index contributed by atoms with van der Waals surface area (Å²) in [6.45, 7) is 7.37. The second-order valence-corrected chi connectivity index (χ2v) is 7.15. The van der Waals surface area contributed by atoms with Crippen LogP contribution in [0.25, 0.3) is 0 Å². The molecular weight excluding hydrogens is 288 g/mol. The second-order valence-electron chi connectivity index (χ2n) is 7.15. The molecule has 3 rings (SSSR count). The fourth-order valence-electron chi connectivity index (χ4n) is 4.11. The molecule has 0 unspecified atom stereocenters. The van der Waals surface area contributed by atoms with Gasteiger partial charge in [0.1, 0.15) is 0 Å². The molecule has 0 spiro atoms. The van der Waals surface area contributed by atoms with E-state index < -0.39 is 0 Å². The SMILES string of the molecule is C[C@@H]1CN(c2ccccc2CN[C@@H]2CCC[C@H]2CO)C[C@@H](C)O1. The summed E-state index contributed by atoms with van der Waals surface area (Å²) in [7, 11) is 0. The first-order chi connectivity index (χ1) is 11.2. The van der Waals surface area contributed by atoms with E-state index >= 15 is 0 Å². The lowest BCUT2D eigenvalue weighted by Crippen LogP contribution is -2.46. The molecule has 1 aliphatic carbocycles. The van der Waals surface area contributed by atoms with Gasteiger partial charge in [-0.3, -0.25) is 0 Å². The number of morpholine rings is 1. The van der Waals surface area contributed by atoms with Crippen LogP contribution in [-0.4, -0.2) is 43.1 Å². The number of para-hydroxylation sites is 1. The standard InChI is InChI=1S/C19H30N2O2/c1-14-11-21(12-15(2)23-14)19-9-4-3-6-16(19)10-20-18-8-5-7-17(18)13-22/h3-4,6,9,14-15,17-18,20,22H,5,7-8,10-13H2,1-2H3/t14-,15-,17+,18-/m1/s1. The first-order valence-corrected chi connectivity index (χ1v) is 9.00. The highest BCUT2D eigenvalue weighted by Crippen LogP contribution is 2.27. The fraction of sp³-hybridized carbons (Fsp3) is 0.684. The number of hydrogen-bond acceptors (Lipinski definition) is 4. The molecule has 4 nitrogen and oxygen atoms in total. The number of aliphatic hydroxyl groups is 1. The summed E-state index contributed by atoms with van der Waals surface area (Å²) in [5.74, 6) is 0.422. The Morgan fingerprint density at radius 3 is 2.65 bits per heavy atom. The summed E-state index contributed by atoms with van der Waals surface area (Å²) in [4.78, 5) is 2.45. The molecule has 2 aliphatic rings. The van der Waals surface area contributed by atoms with Gasteiger partial charge in [-0.05, 0) is 44.2 Å². The van der Waals surface area contributed by atoms with Crippen LogP contribution in [0, 0.1) is 5.92 Å². The van der Waals surface area contributed by atoms with Gasteiger partial charge in [0.15, 0.2) is 0 Å². The number of benzene rings is 1. The summed E-state index contributed by atoms with van der Waals surface area (Å²) in [6.07, 6.45) is 4.10. The highest BCUT2D eigenvalue weighted by molar-refractivity contribution is 5.54. The van der Waals surface area contributed by atoms with E-state index in [1.54, 1.807) is 0 Å². The van der Waals surface area contributed by atoms with Crippen LogP contribution < -0.4 is 10.2 Å². The fourth-order valence-corrected chi connectivity index (χ4v) is 4.11. The molecule has 2 fully saturated rings. The van der Waals surface area contributed by atoms with Crippen molar-refractivity contribution in [2.45, 2.75) is 57.9 Å². The third kappa shape index (κ3) is 4.06. The summed E-state index contributed by atoms with van der Waals surface area (Å²) in [5, 5.41) is 13.2. The molecule has 4 atom stereocenters. The average molecular weight is 318 g/mol. The van der Waals surface area contributed by atoms with Crippen molar-refractivity contribution in [2.24, 2.45) is 5.92 Å². The predicted octanol–water partition coefficient (Wildman–Crippen LogP) is 2.55. The van der Waals surface area contributed by atoms with Crippen molar-refractivity contribution in [2.75, 3.05) is 24.6 Å². The van der Waals surface area contributed by atoms with E-state index in [0.717, 1.165) is 26.1 Å². The second kappa shape index (κ2) is 7.65. The van der Waals surface area contributed by atoms with E-state index in [2.05, 4.69) is 48.3 Å². The molecule has 23 heavy (non-hydrogen) atoms. The Morgan fingerprint density at radius 1 is 1.17 bits per heavy atom. The summed E-state index contributed by atoms with van der Waals surface area (Å²) >= 11 is 0. The zero-order chi connectivity index (χ0) is 16.2. The van der Waals surface area contributed by atoms with Crippen LogP contribution in [0.2, 0.25) is 0 Å². The zero-order valence-corrected chi connectivity index (χ0v) is 14.4. The molecule has 0 amide bonds. The van der Waals surface area contributed by atoms with Gasteiger partial charge < -0.3 is 20.1 Å². The van der Waals surface area contributed by atoms with Crippen LogP contribution in [0.15, 0.2) is 24.3 Å². The van der Waals surface area contributed by atoms with Crippen molar-refractivity contribution in [3.05, 3.63) is 29.8 Å². The van der Waals surface area contributed by atoms with E-state index in [0.29, 0.717) is 18.6 Å². The van der Waals surface area contributed by atoms with Crippen molar-refractivity contribution in [3.8, 4) is 0 Å². The summed E-state index contributed by atoms with van der Waals surface area (Å²) in [5.41, 5.74) is 2.66. The van der Waals surface area contributed by atoms with Gasteiger partial charge in [-0.15, -0.1) is 0 Å². The number of aliphatic hydroxyl groups excluding tert-OH is 1. The number of hydrogen-bond donors (Lipinski definition) is 2. The van der Waals surface area contributed by atoms with Crippen LogP contribution in [0.1, 0.15) is 38.7 Å². The van der Waals surface area contributed by atoms with Gasteiger partial charge >= 0.3 is 0 Å². The molecule has 1 aromatic rings. The van der Waals surface area contributed by atoms with Gasteiger partial charge in [0, 0.05) is 38.0 Å². The molecule has 2 N–H and O–H groups in total. The van der Waals surface area contributed by atoms with Crippen LogP contribution in [0.5, 0.6) is 0 Å². The van der Waals surface area contributed by atoms with E-state index in [-0.39, 0.29) is 12.2 Å². The average Bonchev–Trinajstić information content (AvgIpc) is 3.00. The Kier molecular flexibility index (Phi) is 5.57. The Balaban J connectivity index is 1.68. The molecular formula is C19H30N2O2. The third-order valence-electron chi connectivity index (χ3n) is 5.20. The number of ether oxygens (including phenoxy) is 1. The van der Waals surface area contributed by atoms with E-state index in [1.165, 1.54) is 24.1 Å². The molecule has 1 heterocycles. The highest BCUT2D eigenvalue weighted by Gasteiger charge is 2.27. The minimum absolute atomic E-state index is 0.272. The number of nitrogens with zero attached hydrogens (tertiary/aromatic N) is 1. The highest BCUT2D eigenvalue weighted by atomic mass is 16.5. The van der Waals surface area contributed by atoms with Gasteiger partial charge in [0.25, 0.3) is 0 Å². The van der Waals surface area contributed by atoms with Gasteiger partial charge in [0.05, 0.1) is 12.2 Å². The van der Waals surface area contributed by atoms with Crippen molar-refractivity contribution in [1.29, 1.82) is 0 Å². The van der Waals surface area contributed by atoms with Crippen molar-refractivity contribution in [3.63, 3.8) is 0 Å². The topological polar surface area (TPSA) is 44.7 Å². The first-order valence-electron chi connectivity index (χ1n) is 9.00. The van der Waals surface area contributed by atoms with Crippen LogP contribution >= 0.6 is 0 Å².